The number of rotatable bonds is 7. The molecule has 2 saturated heterocycles. The third-order valence-electron chi connectivity index (χ3n) is 5.77. The number of hydrogen-bond donors (Lipinski definition) is 2. The maximum Gasteiger partial charge on any atom is 0.246 e. The number of methoxy groups -OCH3 is 1. The van der Waals surface area contributed by atoms with Gasteiger partial charge in [-0.2, -0.15) is 0 Å². The Balaban J connectivity index is 1.40. The highest BCUT2D eigenvalue weighted by Gasteiger charge is 2.29. The molecule has 2 aliphatic rings. The summed E-state index contributed by atoms with van der Waals surface area (Å²) in [5.74, 6) is 1.37. The molecule has 7 heteroatoms. The molecule has 2 heterocycles. The highest BCUT2D eigenvalue weighted by Crippen LogP contribution is 2.21. The average Bonchev–Trinajstić information content (AvgIpc) is 2.73. The van der Waals surface area contributed by atoms with Gasteiger partial charge in [0.2, 0.25) is 11.8 Å². The molecule has 1 atom stereocenters. The smallest absolute Gasteiger partial charge is 0.246 e. The van der Waals surface area contributed by atoms with E-state index in [1.54, 1.807) is 12.0 Å². The predicted octanol–water partition coefficient (Wildman–Crippen LogP) is 0.496. The van der Waals surface area contributed by atoms with E-state index < -0.39 is 6.04 Å². The van der Waals surface area contributed by atoms with Crippen LogP contribution in [0.15, 0.2) is 24.3 Å². The fraction of sp³-hybridized carbons (Fsp3) is 0.619. The number of carbonyl (C=O) groups is 2. The van der Waals surface area contributed by atoms with Crippen molar-refractivity contribution in [3.8, 4) is 5.75 Å². The Morgan fingerprint density at radius 3 is 2.75 bits per heavy atom. The molecular weight excluding hydrogens is 356 g/mol. The van der Waals surface area contributed by atoms with Crippen molar-refractivity contribution < 1.29 is 14.3 Å². The largest absolute Gasteiger partial charge is 0.496 e. The summed E-state index contributed by atoms with van der Waals surface area (Å²) in [5.41, 5.74) is 1.25. The van der Waals surface area contributed by atoms with Gasteiger partial charge in [0.25, 0.3) is 0 Å². The van der Waals surface area contributed by atoms with Crippen LogP contribution in [0.1, 0.15) is 18.4 Å². The number of amides is 2. The second kappa shape index (κ2) is 9.89. The fourth-order valence-electron chi connectivity index (χ4n) is 4.10. The molecule has 0 saturated carbocycles. The van der Waals surface area contributed by atoms with Crippen LogP contribution in [0.25, 0.3) is 0 Å². The molecule has 2 amide bonds. The molecule has 2 fully saturated rings. The monoisotopic (exact) mass is 388 g/mol. The van der Waals surface area contributed by atoms with Crippen LogP contribution >= 0.6 is 0 Å². The van der Waals surface area contributed by atoms with Crippen LogP contribution in [0.3, 0.4) is 0 Å². The van der Waals surface area contributed by atoms with Crippen molar-refractivity contribution in [2.24, 2.45) is 5.92 Å². The van der Waals surface area contributed by atoms with Crippen molar-refractivity contribution in [2.75, 3.05) is 53.4 Å². The molecule has 2 aliphatic heterocycles. The van der Waals surface area contributed by atoms with Crippen LogP contribution in [0, 0.1) is 5.92 Å². The zero-order valence-corrected chi connectivity index (χ0v) is 16.9. The van der Waals surface area contributed by atoms with E-state index in [1.165, 1.54) is 5.56 Å². The van der Waals surface area contributed by atoms with E-state index in [1.807, 2.05) is 19.2 Å². The molecule has 28 heavy (non-hydrogen) atoms. The molecule has 0 bridgehead atoms. The summed E-state index contributed by atoms with van der Waals surface area (Å²) in [7, 11) is 3.56. The van der Waals surface area contributed by atoms with Crippen LogP contribution in [0.2, 0.25) is 0 Å². The molecule has 0 aromatic heterocycles. The fourth-order valence-corrected chi connectivity index (χ4v) is 4.10. The van der Waals surface area contributed by atoms with E-state index in [-0.39, 0.29) is 11.8 Å². The van der Waals surface area contributed by atoms with Gasteiger partial charge in [0, 0.05) is 26.7 Å². The average molecular weight is 389 g/mol. The van der Waals surface area contributed by atoms with Crippen LogP contribution in [0.5, 0.6) is 5.75 Å². The number of likely N-dealkylation sites (N-methyl/N-ethyl adjacent to an activating group) is 1. The number of para-hydroxylation sites is 1. The standard InChI is InChI=1S/C21H32N4O3/c1-24(21(27)18-13-22-14-20(26)23-18)15-16-7-10-25(11-8-16)12-9-17-5-3-4-6-19(17)28-2/h3-6,16,18,22H,7-15H2,1-2H3,(H,23,26). The molecule has 3 rings (SSSR count). The number of nitrogens with zero attached hydrogens (tertiary/aromatic N) is 2. The van der Waals surface area contributed by atoms with E-state index in [9.17, 15) is 9.59 Å². The van der Waals surface area contributed by atoms with E-state index in [4.69, 9.17) is 4.74 Å². The SMILES string of the molecule is COc1ccccc1CCN1CCC(CN(C)C(=O)C2CNCC(=O)N2)CC1. The van der Waals surface area contributed by atoms with E-state index in [0.29, 0.717) is 19.0 Å². The second-order valence-electron chi connectivity index (χ2n) is 7.82. The Morgan fingerprint density at radius 1 is 1.29 bits per heavy atom. The number of likely N-dealkylation sites (tertiary alicyclic amines) is 1. The Kier molecular flexibility index (Phi) is 7.28. The Hall–Kier alpha value is -2.12. The molecule has 0 aliphatic carbocycles. The van der Waals surface area contributed by atoms with Gasteiger partial charge in [0.1, 0.15) is 11.8 Å². The van der Waals surface area contributed by atoms with Gasteiger partial charge in [0.15, 0.2) is 0 Å². The second-order valence-corrected chi connectivity index (χ2v) is 7.82. The normalized spacial score (nSPS) is 21.2. The van der Waals surface area contributed by atoms with Gasteiger partial charge in [0.05, 0.1) is 13.7 Å². The summed E-state index contributed by atoms with van der Waals surface area (Å²) in [6.45, 7) is 4.71. The molecule has 0 radical (unpaired) electrons. The van der Waals surface area contributed by atoms with Gasteiger partial charge < -0.3 is 25.2 Å². The van der Waals surface area contributed by atoms with E-state index in [0.717, 1.165) is 51.2 Å². The van der Waals surface area contributed by atoms with Gasteiger partial charge in [-0.05, 0) is 49.9 Å². The zero-order chi connectivity index (χ0) is 19.9. The first-order chi connectivity index (χ1) is 13.6. The third kappa shape index (κ3) is 5.45. The minimum absolute atomic E-state index is 0.000785. The minimum Gasteiger partial charge on any atom is -0.496 e. The number of nitrogens with one attached hydrogen (secondary N) is 2. The number of benzene rings is 1. The summed E-state index contributed by atoms with van der Waals surface area (Å²) < 4.78 is 5.44. The molecule has 7 nitrogen and oxygen atoms in total. The summed E-state index contributed by atoms with van der Waals surface area (Å²) >= 11 is 0. The van der Waals surface area contributed by atoms with Gasteiger partial charge >= 0.3 is 0 Å². The minimum atomic E-state index is -0.438. The molecule has 154 valence electrons. The first kappa shape index (κ1) is 20.6. The topological polar surface area (TPSA) is 73.9 Å². The molecule has 2 N–H and O–H groups in total. The lowest BCUT2D eigenvalue weighted by molar-refractivity contribution is -0.136. The van der Waals surface area contributed by atoms with E-state index >= 15 is 0 Å². The third-order valence-corrected chi connectivity index (χ3v) is 5.77. The lowest BCUT2D eigenvalue weighted by atomic mass is 9.95. The highest BCUT2D eigenvalue weighted by molar-refractivity contribution is 5.89. The maximum absolute atomic E-state index is 12.6. The van der Waals surface area contributed by atoms with Crippen LogP contribution in [-0.2, 0) is 16.0 Å². The summed E-state index contributed by atoms with van der Waals surface area (Å²) in [4.78, 5) is 28.3. The van der Waals surface area contributed by atoms with Crippen molar-refractivity contribution in [1.29, 1.82) is 0 Å². The first-order valence-electron chi connectivity index (χ1n) is 10.2. The van der Waals surface area contributed by atoms with Crippen molar-refractivity contribution in [3.63, 3.8) is 0 Å². The summed E-state index contributed by atoms with van der Waals surface area (Å²) in [5, 5.41) is 5.76. The van der Waals surface area contributed by atoms with Crippen molar-refractivity contribution in [3.05, 3.63) is 29.8 Å². The highest BCUT2D eigenvalue weighted by atomic mass is 16.5. The van der Waals surface area contributed by atoms with Crippen molar-refractivity contribution in [1.82, 2.24) is 20.4 Å². The summed E-state index contributed by atoms with van der Waals surface area (Å²) in [6.07, 6.45) is 3.18. The Bertz CT molecular complexity index is 673. The van der Waals surface area contributed by atoms with Crippen molar-refractivity contribution in [2.45, 2.75) is 25.3 Å². The Labute approximate surface area is 167 Å². The van der Waals surface area contributed by atoms with E-state index in [2.05, 4.69) is 27.7 Å². The van der Waals surface area contributed by atoms with Crippen LogP contribution < -0.4 is 15.4 Å². The number of hydrogen-bond acceptors (Lipinski definition) is 5. The van der Waals surface area contributed by atoms with Crippen LogP contribution in [0.4, 0.5) is 0 Å². The quantitative estimate of drug-likeness (QED) is 0.712. The van der Waals surface area contributed by atoms with Gasteiger partial charge in [-0.1, -0.05) is 18.2 Å². The zero-order valence-electron chi connectivity index (χ0n) is 16.9. The Morgan fingerprint density at radius 2 is 2.04 bits per heavy atom. The van der Waals surface area contributed by atoms with Gasteiger partial charge in [-0.25, -0.2) is 0 Å². The van der Waals surface area contributed by atoms with Crippen molar-refractivity contribution >= 4 is 11.8 Å². The molecular formula is C21H32N4O3. The molecule has 0 spiro atoms. The summed E-state index contributed by atoms with van der Waals surface area (Å²) in [6, 6.07) is 7.76. The first-order valence-corrected chi connectivity index (χ1v) is 10.2. The molecule has 1 aromatic carbocycles. The predicted molar refractivity (Wildman–Crippen MR) is 108 cm³/mol. The van der Waals surface area contributed by atoms with Crippen LogP contribution in [-0.4, -0.2) is 81.1 Å². The lowest BCUT2D eigenvalue weighted by Gasteiger charge is -2.35. The number of piperidine rings is 1. The number of ether oxygens (including phenoxy) is 1. The van der Waals surface area contributed by atoms with Gasteiger partial charge in [-0.3, -0.25) is 9.59 Å². The lowest BCUT2D eigenvalue weighted by Crippen LogP contribution is -2.59. The van der Waals surface area contributed by atoms with Gasteiger partial charge in [-0.15, -0.1) is 0 Å². The number of carbonyl (C=O) groups excluding carboxylic acids is 2. The maximum atomic E-state index is 12.6. The molecule has 1 unspecified atom stereocenters. The molecule has 1 aromatic rings. The number of piperazine rings is 1.